The van der Waals surface area contributed by atoms with E-state index in [2.05, 4.69) is 10.6 Å². The van der Waals surface area contributed by atoms with Crippen LogP contribution >= 0.6 is 0 Å². The van der Waals surface area contributed by atoms with Gasteiger partial charge in [-0.2, -0.15) is 0 Å². The molecule has 0 fully saturated rings. The van der Waals surface area contributed by atoms with Gasteiger partial charge in [-0.15, -0.1) is 0 Å². The number of carbonyl (C=O) groups excluding carboxylic acids is 1. The second-order valence-electron chi connectivity index (χ2n) is 4.47. The first-order chi connectivity index (χ1) is 9.23. The molecule has 0 bridgehead atoms. The third-order valence-corrected chi connectivity index (χ3v) is 3.18. The Labute approximate surface area is 117 Å². The summed E-state index contributed by atoms with van der Waals surface area (Å²) < 4.78 is 37.7. The third kappa shape index (κ3) is 5.14. The molecule has 1 unspecified atom stereocenters. The molecule has 1 amide bonds. The van der Waals surface area contributed by atoms with Crippen molar-refractivity contribution in [2.45, 2.75) is 13.0 Å². The molecule has 20 heavy (non-hydrogen) atoms. The van der Waals surface area contributed by atoms with Gasteiger partial charge in [0.15, 0.2) is 0 Å². The summed E-state index contributed by atoms with van der Waals surface area (Å²) in [5, 5.41) is 5.61. The fourth-order valence-corrected chi connectivity index (χ4v) is 1.95. The van der Waals surface area contributed by atoms with Crippen LogP contribution in [-0.2, 0) is 10.0 Å². The van der Waals surface area contributed by atoms with Gasteiger partial charge in [0.05, 0.1) is 11.9 Å². The van der Waals surface area contributed by atoms with Crippen molar-refractivity contribution in [1.29, 1.82) is 0 Å². The zero-order valence-electron chi connectivity index (χ0n) is 11.5. The molecular weight excluding hydrogens is 285 g/mol. The van der Waals surface area contributed by atoms with Crippen molar-refractivity contribution in [2.75, 3.05) is 24.6 Å². The fraction of sp³-hybridized carbons (Fsp3) is 0.417. The van der Waals surface area contributed by atoms with Crippen LogP contribution in [-0.4, -0.2) is 40.2 Å². The van der Waals surface area contributed by atoms with Crippen molar-refractivity contribution < 1.29 is 17.6 Å². The second-order valence-corrected chi connectivity index (χ2v) is 6.22. The van der Waals surface area contributed by atoms with E-state index in [1.165, 1.54) is 6.07 Å². The highest BCUT2D eigenvalue weighted by molar-refractivity contribution is 7.92. The van der Waals surface area contributed by atoms with Gasteiger partial charge in [-0.1, -0.05) is 0 Å². The summed E-state index contributed by atoms with van der Waals surface area (Å²) >= 11 is 0. The lowest BCUT2D eigenvalue weighted by Gasteiger charge is -2.12. The second kappa shape index (κ2) is 6.67. The zero-order valence-corrected chi connectivity index (χ0v) is 12.3. The standard InChI is InChI=1S/C12H18FN3O3S/c1-8(14-2)7-15-12(17)9-4-5-10(13)11(6-9)16-20(3,18)19/h4-6,8,14,16H,7H2,1-3H3,(H,15,17). The summed E-state index contributed by atoms with van der Waals surface area (Å²) in [7, 11) is -1.84. The summed E-state index contributed by atoms with van der Waals surface area (Å²) in [6, 6.07) is 3.59. The summed E-state index contributed by atoms with van der Waals surface area (Å²) in [5.74, 6) is -1.14. The van der Waals surface area contributed by atoms with Crippen molar-refractivity contribution in [3.8, 4) is 0 Å². The minimum atomic E-state index is -3.60. The lowest BCUT2D eigenvalue weighted by Crippen LogP contribution is -2.37. The zero-order chi connectivity index (χ0) is 15.3. The van der Waals surface area contributed by atoms with Crippen LogP contribution in [0.5, 0.6) is 0 Å². The SMILES string of the molecule is CNC(C)CNC(=O)c1ccc(F)c(NS(C)(=O)=O)c1. The third-order valence-electron chi connectivity index (χ3n) is 2.59. The van der Waals surface area contributed by atoms with Crippen LogP contribution in [0.3, 0.4) is 0 Å². The quantitative estimate of drug-likeness (QED) is 0.715. The Morgan fingerprint density at radius 3 is 2.60 bits per heavy atom. The summed E-state index contributed by atoms with van der Waals surface area (Å²) in [6.07, 6.45) is 0.910. The van der Waals surface area contributed by atoms with E-state index >= 15 is 0 Å². The maximum Gasteiger partial charge on any atom is 0.251 e. The average Bonchev–Trinajstić information content (AvgIpc) is 2.36. The topological polar surface area (TPSA) is 87.3 Å². The van der Waals surface area contributed by atoms with Gasteiger partial charge < -0.3 is 10.6 Å². The predicted octanol–water partition coefficient (Wildman–Crippen LogP) is 0.535. The molecule has 0 aromatic heterocycles. The number of hydrogen-bond acceptors (Lipinski definition) is 4. The Kier molecular flexibility index (Phi) is 5.46. The number of rotatable bonds is 6. The highest BCUT2D eigenvalue weighted by Crippen LogP contribution is 2.17. The monoisotopic (exact) mass is 303 g/mol. The van der Waals surface area contributed by atoms with Gasteiger partial charge in [-0.25, -0.2) is 12.8 Å². The van der Waals surface area contributed by atoms with Crippen molar-refractivity contribution in [3.63, 3.8) is 0 Å². The number of nitrogens with one attached hydrogen (secondary N) is 3. The Balaban J connectivity index is 2.86. The number of benzene rings is 1. The molecule has 1 aromatic carbocycles. The smallest absolute Gasteiger partial charge is 0.251 e. The summed E-state index contributed by atoms with van der Waals surface area (Å²) in [6.45, 7) is 2.29. The number of carbonyl (C=O) groups is 1. The Hall–Kier alpha value is -1.67. The molecular formula is C12H18FN3O3S. The Bertz CT molecular complexity index is 590. The largest absolute Gasteiger partial charge is 0.350 e. The average molecular weight is 303 g/mol. The molecule has 1 aromatic rings. The minimum Gasteiger partial charge on any atom is -0.350 e. The van der Waals surface area contributed by atoms with Crippen LogP contribution in [0, 0.1) is 5.82 Å². The fourth-order valence-electron chi connectivity index (χ4n) is 1.39. The highest BCUT2D eigenvalue weighted by atomic mass is 32.2. The lowest BCUT2D eigenvalue weighted by molar-refractivity contribution is 0.0950. The molecule has 0 saturated heterocycles. The first-order valence-electron chi connectivity index (χ1n) is 5.95. The predicted molar refractivity (Wildman–Crippen MR) is 75.7 cm³/mol. The molecule has 3 N–H and O–H groups in total. The van der Waals surface area contributed by atoms with Gasteiger partial charge in [-0.3, -0.25) is 9.52 Å². The Morgan fingerprint density at radius 1 is 1.40 bits per heavy atom. The minimum absolute atomic E-state index is 0.0908. The highest BCUT2D eigenvalue weighted by Gasteiger charge is 2.12. The molecule has 0 aliphatic rings. The molecule has 0 aliphatic heterocycles. The molecule has 6 nitrogen and oxygen atoms in total. The van der Waals surface area contributed by atoms with Crippen molar-refractivity contribution in [1.82, 2.24) is 10.6 Å². The van der Waals surface area contributed by atoms with E-state index in [1.54, 1.807) is 7.05 Å². The molecule has 0 spiro atoms. The molecule has 1 atom stereocenters. The van der Waals surface area contributed by atoms with E-state index in [4.69, 9.17) is 0 Å². The number of anilines is 1. The number of halogens is 1. The molecule has 0 saturated carbocycles. The maximum absolute atomic E-state index is 13.5. The number of sulfonamides is 1. The van der Waals surface area contributed by atoms with Crippen LogP contribution in [0.25, 0.3) is 0 Å². The number of amides is 1. The molecule has 112 valence electrons. The number of likely N-dealkylation sites (N-methyl/N-ethyl adjacent to an activating group) is 1. The van der Waals surface area contributed by atoms with Gasteiger partial charge in [0.2, 0.25) is 10.0 Å². The maximum atomic E-state index is 13.5. The van der Waals surface area contributed by atoms with Crippen molar-refractivity contribution >= 4 is 21.6 Å². The van der Waals surface area contributed by atoms with E-state index in [0.717, 1.165) is 18.4 Å². The van der Waals surface area contributed by atoms with E-state index in [0.29, 0.717) is 6.54 Å². The van der Waals surface area contributed by atoms with Crippen LogP contribution in [0.1, 0.15) is 17.3 Å². The molecule has 0 heterocycles. The van der Waals surface area contributed by atoms with Crippen LogP contribution < -0.4 is 15.4 Å². The Morgan fingerprint density at radius 2 is 2.05 bits per heavy atom. The van der Waals surface area contributed by atoms with Crippen LogP contribution in [0.2, 0.25) is 0 Å². The molecule has 0 aliphatic carbocycles. The van der Waals surface area contributed by atoms with E-state index in [9.17, 15) is 17.6 Å². The normalized spacial score (nSPS) is 12.8. The lowest BCUT2D eigenvalue weighted by atomic mass is 10.2. The van der Waals surface area contributed by atoms with E-state index < -0.39 is 21.7 Å². The van der Waals surface area contributed by atoms with Gasteiger partial charge in [0, 0.05) is 18.2 Å². The van der Waals surface area contributed by atoms with Crippen LogP contribution in [0.15, 0.2) is 18.2 Å². The number of hydrogen-bond donors (Lipinski definition) is 3. The first kappa shape index (κ1) is 16.4. The van der Waals surface area contributed by atoms with Gasteiger partial charge >= 0.3 is 0 Å². The van der Waals surface area contributed by atoms with E-state index in [1.807, 2.05) is 11.6 Å². The van der Waals surface area contributed by atoms with Gasteiger partial charge in [0.1, 0.15) is 5.82 Å². The molecule has 1 rings (SSSR count). The van der Waals surface area contributed by atoms with E-state index in [-0.39, 0.29) is 17.3 Å². The van der Waals surface area contributed by atoms with Crippen molar-refractivity contribution in [3.05, 3.63) is 29.6 Å². The summed E-state index contributed by atoms with van der Waals surface area (Å²) in [4.78, 5) is 11.9. The molecule has 8 heteroatoms. The van der Waals surface area contributed by atoms with Gasteiger partial charge in [0.25, 0.3) is 5.91 Å². The van der Waals surface area contributed by atoms with Crippen LogP contribution in [0.4, 0.5) is 10.1 Å². The first-order valence-corrected chi connectivity index (χ1v) is 7.85. The van der Waals surface area contributed by atoms with Crippen molar-refractivity contribution in [2.24, 2.45) is 0 Å². The summed E-state index contributed by atoms with van der Waals surface area (Å²) in [5.41, 5.74) is -0.0670. The van der Waals surface area contributed by atoms with Gasteiger partial charge in [-0.05, 0) is 32.2 Å². The molecule has 0 radical (unpaired) electrons.